The van der Waals surface area contributed by atoms with Gasteiger partial charge >= 0.3 is 0 Å². The van der Waals surface area contributed by atoms with Crippen LogP contribution >= 0.6 is 0 Å². The summed E-state index contributed by atoms with van der Waals surface area (Å²) >= 11 is 0. The van der Waals surface area contributed by atoms with Crippen LogP contribution in [0.4, 0.5) is 11.4 Å². The Balaban J connectivity index is 1.38. The standard InChI is InChI=1S/C25H33N5O4S/c1-17-15-30(16-18(2)34-17)20-8-6-19(7-9-20)26-25(31)13-12-24-27-22-14-21(35(32,33)28(3)4)10-11-23(22)29(24)5/h6-11,14,17-18H,12-13,15-16H2,1-5H3,(H,26,31). The Hall–Kier alpha value is -2.95. The molecule has 1 aliphatic rings. The van der Waals surface area contributed by atoms with Gasteiger partial charge in [-0.05, 0) is 56.3 Å². The van der Waals surface area contributed by atoms with Crippen LogP contribution in [-0.2, 0) is 33.0 Å². The van der Waals surface area contributed by atoms with E-state index < -0.39 is 10.0 Å². The fourth-order valence-corrected chi connectivity index (χ4v) is 5.34. The second-order valence-corrected chi connectivity index (χ2v) is 11.4. The molecule has 2 unspecified atom stereocenters. The molecular formula is C25H33N5O4S. The average molecular weight is 500 g/mol. The molecule has 1 amide bonds. The lowest BCUT2D eigenvalue weighted by Crippen LogP contribution is -2.45. The lowest BCUT2D eigenvalue weighted by Gasteiger charge is -2.36. The molecule has 0 bridgehead atoms. The average Bonchev–Trinajstić information content (AvgIpc) is 3.12. The Morgan fingerprint density at radius 3 is 2.40 bits per heavy atom. The Labute approximate surface area is 206 Å². The van der Waals surface area contributed by atoms with Gasteiger partial charge in [0.05, 0.1) is 28.1 Å². The van der Waals surface area contributed by atoms with Crippen LogP contribution in [0.3, 0.4) is 0 Å². The van der Waals surface area contributed by atoms with Crippen LogP contribution in [0, 0.1) is 0 Å². The number of aromatic nitrogens is 2. The van der Waals surface area contributed by atoms with Crippen molar-refractivity contribution in [2.75, 3.05) is 37.4 Å². The molecule has 2 heterocycles. The maximum absolute atomic E-state index is 12.6. The molecule has 4 rings (SSSR count). The Kier molecular flexibility index (Phi) is 7.16. The van der Waals surface area contributed by atoms with Gasteiger partial charge in [-0.3, -0.25) is 4.79 Å². The van der Waals surface area contributed by atoms with E-state index in [1.54, 1.807) is 18.2 Å². The quantitative estimate of drug-likeness (QED) is 0.537. The van der Waals surface area contributed by atoms with Crippen molar-refractivity contribution >= 4 is 38.3 Å². The van der Waals surface area contributed by atoms with Gasteiger partial charge in [-0.25, -0.2) is 17.7 Å². The number of sulfonamides is 1. The van der Waals surface area contributed by atoms with Crippen LogP contribution in [0.25, 0.3) is 11.0 Å². The van der Waals surface area contributed by atoms with Gasteiger partial charge < -0.3 is 19.5 Å². The molecule has 35 heavy (non-hydrogen) atoms. The second kappa shape index (κ2) is 9.96. The summed E-state index contributed by atoms with van der Waals surface area (Å²) in [5.41, 5.74) is 3.27. The van der Waals surface area contributed by atoms with Crippen LogP contribution in [0.1, 0.15) is 26.1 Å². The minimum atomic E-state index is -3.54. The van der Waals surface area contributed by atoms with Gasteiger partial charge in [-0.2, -0.15) is 0 Å². The van der Waals surface area contributed by atoms with Crippen LogP contribution in [0.15, 0.2) is 47.4 Å². The first-order valence-corrected chi connectivity index (χ1v) is 13.2. The Bertz CT molecular complexity index is 1310. The first-order chi connectivity index (χ1) is 16.5. The molecule has 2 aromatic carbocycles. The highest BCUT2D eigenvalue weighted by atomic mass is 32.2. The number of ether oxygens (including phenoxy) is 1. The third-order valence-corrected chi connectivity index (χ3v) is 8.05. The highest BCUT2D eigenvalue weighted by Crippen LogP contribution is 2.24. The Morgan fingerprint density at radius 1 is 1.11 bits per heavy atom. The number of benzene rings is 2. The number of morpholine rings is 1. The summed E-state index contributed by atoms with van der Waals surface area (Å²) in [6, 6.07) is 12.8. The van der Waals surface area contributed by atoms with Crippen LogP contribution < -0.4 is 10.2 Å². The normalized spacial score (nSPS) is 18.9. The van der Waals surface area contributed by atoms with Gasteiger partial charge in [-0.1, -0.05) is 0 Å². The number of fused-ring (bicyclic) bond motifs is 1. The van der Waals surface area contributed by atoms with Crippen LogP contribution in [-0.4, -0.2) is 67.6 Å². The molecule has 0 aliphatic carbocycles. The topological polar surface area (TPSA) is 96.8 Å². The molecule has 3 aromatic rings. The van der Waals surface area contributed by atoms with E-state index in [0.29, 0.717) is 11.9 Å². The van der Waals surface area contributed by atoms with E-state index in [-0.39, 0.29) is 29.4 Å². The number of hydrogen-bond acceptors (Lipinski definition) is 6. The van der Waals surface area contributed by atoms with E-state index in [0.717, 1.165) is 35.8 Å². The zero-order valence-corrected chi connectivity index (χ0v) is 21.7. The number of imidazole rings is 1. The molecule has 0 saturated carbocycles. The molecule has 0 radical (unpaired) electrons. The minimum absolute atomic E-state index is 0.103. The van der Waals surface area contributed by atoms with Crippen molar-refractivity contribution in [3.8, 4) is 0 Å². The van der Waals surface area contributed by atoms with E-state index in [1.807, 2.05) is 35.9 Å². The third-order valence-electron chi connectivity index (χ3n) is 6.23. The molecule has 9 nitrogen and oxygen atoms in total. The lowest BCUT2D eigenvalue weighted by molar-refractivity contribution is -0.116. The van der Waals surface area contributed by atoms with Gasteiger partial charge in [-0.15, -0.1) is 0 Å². The van der Waals surface area contributed by atoms with Crippen molar-refractivity contribution in [1.29, 1.82) is 0 Å². The highest BCUT2D eigenvalue weighted by Gasteiger charge is 2.22. The van der Waals surface area contributed by atoms with E-state index >= 15 is 0 Å². The number of nitrogens with one attached hydrogen (secondary N) is 1. The van der Waals surface area contributed by atoms with Crippen molar-refractivity contribution in [3.63, 3.8) is 0 Å². The number of hydrogen-bond donors (Lipinski definition) is 1. The fourth-order valence-electron chi connectivity index (χ4n) is 4.42. The zero-order chi connectivity index (χ0) is 25.3. The number of rotatable bonds is 7. The number of amides is 1. The maximum atomic E-state index is 12.6. The largest absolute Gasteiger partial charge is 0.372 e. The SMILES string of the molecule is CC1CN(c2ccc(NC(=O)CCc3nc4cc(S(=O)(=O)N(C)C)ccc4n3C)cc2)CC(C)O1. The molecule has 2 atom stereocenters. The summed E-state index contributed by atoms with van der Waals surface area (Å²) in [6.45, 7) is 5.84. The van der Waals surface area contributed by atoms with Crippen molar-refractivity contribution < 1.29 is 17.9 Å². The zero-order valence-electron chi connectivity index (χ0n) is 20.9. The van der Waals surface area contributed by atoms with Crippen LogP contribution in [0.2, 0.25) is 0 Å². The summed E-state index contributed by atoms with van der Waals surface area (Å²) in [5.74, 6) is 0.620. The Morgan fingerprint density at radius 2 is 1.77 bits per heavy atom. The van der Waals surface area contributed by atoms with Gasteiger partial charge in [0.25, 0.3) is 0 Å². The summed E-state index contributed by atoms with van der Waals surface area (Å²) in [6.07, 6.45) is 1.07. The van der Waals surface area contributed by atoms with Crippen molar-refractivity contribution in [3.05, 3.63) is 48.3 Å². The first-order valence-electron chi connectivity index (χ1n) is 11.7. The molecule has 0 spiro atoms. The third kappa shape index (κ3) is 5.50. The van der Waals surface area contributed by atoms with E-state index in [2.05, 4.69) is 29.0 Å². The van der Waals surface area contributed by atoms with E-state index in [9.17, 15) is 13.2 Å². The summed E-state index contributed by atoms with van der Waals surface area (Å²) in [5, 5.41) is 2.95. The summed E-state index contributed by atoms with van der Waals surface area (Å²) in [7, 11) is 1.33. The number of anilines is 2. The number of aryl methyl sites for hydroxylation is 2. The predicted octanol–water partition coefficient (Wildman–Crippen LogP) is 3.01. The smallest absolute Gasteiger partial charge is 0.242 e. The van der Waals surface area contributed by atoms with Crippen molar-refractivity contribution in [2.45, 2.75) is 43.8 Å². The monoisotopic (exact) mass is 499 g/mol. The summed E-state index contributed by atoms with van der Waals surface area (Å²) < 4.78 is 33.7. The van der Waals surface area contributed by atoms with Gasteiger partial charge in [0.1, 0.15) is 5.82 Å². The number of carbonyl (C=O) groups is 1. The first kappa shape index (κ1) is 25.2. The molecule has 10 heteroatoms. The van der Waals surface area contributed by atoms with Crippen LogP contribution in [0.5, 0.6) is 0 Å². The maximum Gasteiger partial charge on any atom is 0.242 e. The predicted molar refractivity (Wildman–Crippen MR) is 137 cm³/mol. The molecule has 1 saturated heterocycles. The number of nitrogens with zero attached hydrogens (tertiary/aromatic N) is 4. The second-order valence-electron chi connectivity index (χ2n) is 9.28. The number of carbonyl (C=O) groups excluding carboxylic acids is 1. The van der Waals surface area contributed by atoms with E-state index in [4.69, 9.17) is 4.74 Å². The van der Waals surface area contributed by atoms with Gasteiger partial charge in [0, 0.05) is 58.4 Å². The molecule has 1 aliphatic heterocycles. The molecule has 1 fully saturated rings. The fraction of sp³-hybridized carbons (Fsp3) is 0.440. The lowest BCUT2D eigenvalue weighted by atomic mass is 10.2. The van der Waals surface area contributed by atoms with Crippen molar-refractivity contribution in [1.82, 2.24) is 13.9 Å². The minimum Gasteiger partial charge on any atom is -0.372 e. The molecular weight excluding hydrogens is 466 g/mol. The van der Waals surface area contributed by atoms with Gasteiger partial charge in [0.15, 0.2) is 0 Å². The summed E-state index contributed by atoms with van der Waals surface area (Å²) in [4.78, 5) is 19.7. The van der Waals surface area contributed by atoms with Gasteiger partial charge in [0.2, 0.25) is 15.9 Å². The van der Waals surface area contributed by atoms with Crippen molar-refractivity contribution in [2.24, 2.45) is 7.05 Å². The van der Waals surface area contributed by atoms with E-state index in [1.165, 1.54) is 18.4 Å². The molecule has 1 aromatic heterocycles. The highest BCUT2D eigenvalue weighted by molar-refractivity contribution is 7.89. The molecule has 1 N–H and O–H groups in total. The molecule has 188 valence electrons.